The van der Waals surface area contributed by atoms with Crippen molar-refractivity contribution in [1.29, 1.82) is 0 Å². The van der Waals surface area contributed by atoms with Crippen molar-refractivity contribution in [2.45, 2.75) is 18.8 Å². The number of hydrogen-bond donors (Lipinski definition) is 2. The van der Waals surface area contributed by atoms with Gasteiger partial charge in [0.25, 0.3) is 5.91 Å². The Kier molecular flexibility index (Phi) is 7.63. The summed E-state index contributed by atoms with van der Waals surface area (Å²) >= 11 is 6.97. The number of aliphatic hydroxyl groups is 1. The van der Waals surface area contributed by atoms with E-state index in [9.17, 15) is 28.2 Å². The minimum Gasteiger partial charge on any atom is -0.508 e. The zero-order chi connectivity index (χ0) is 28.6. The molecule has 0 fully saturated rings. The van der Waals surface area contributed by atoms with Gasteiger partial charge in [-0.15, -0.1) is 0 Å². The smallest absolute Gasteiger partial charge is 0.416 e. The van der Waals surface area contributed by atoms with E-state index in [0.717, 1.165) is 6.07 Å². The molecule has 0 aliphatic carbocycles. The topological polar surface area (TPSA) is 90.9 Å². The first kappa shape index (κ1) is 27.8. The Hall–Kier alpha value is -3.80. The lowest BCUT2D eigenvalue weighted by Crippen LogP contribution is -2.28. The van der Waals surface area contributed by atoms with Crippen molar-refractivity contribution in [3.05, 3.63) is 99.0 Å². The first-order chi connectivity index (χ1) is 19.0. The molecular formula is C28H22ClF3N4O3S. The van der Waals surface area contributed by atoms with Crippen molar-refractivity contribution >= 4 is 51.4 Å². The van der Waals surface area contributed by atoms with Gasteiger partial charge in [0.05, 0.1) is 34.8 Å². The number of amides is 1. The van der Waals surface area contributed by atoms with E-state index in [2.05, 4.69) is 10.1 Å². The van der Waals surface area contributed by atoms with Crippen LogP contribution in [-0.2, 0) is 17.5 Å². The molecule has 0 unspecified atom stereocenters. The summed E-state index contributed by atoms with van der Waals surface area (Å²) in [6.45, 7) is 0.0931. The number of rotatable bonds is 6. The summed E-state index contributed by atoms with van der Waals surface area (Å²) in [4.78, 5) is 18.8. The maximum atomic E-state index is 13.5. The molecule has 206 valence electrons. The van der Waals surface area contributed by atoms with Gasteiger partial charge >= 0.3 is 6.18 Å². The van der Waals surface area contributed by atoms with Gasteiger partial charge in [0.2, 0.25) is 0 Å². The summed E-state index contributed by atoms with van der Waals surface area (Å²) in [5.74, 6) is -0.313. The van der Waals surface area contributed by atoms with Crippen LogP contribution in [0.15, 0.2) is 76.8 Å². The predicted molar refractivity (Wildman–Crippen MR) is 149 cm³/mol. The molecule has 0 radical (unpaired) electrons. The highest BCUT2D eigenvalue weighted by molar-refractivity contribution is 8.18. The van der Waals surface area contributed by atoms with Gasteiger partial charge in [0, 0.05) is 24.0 Å². The van der Waals surface area contributed by atoms with Crippen molar-refractivity contribution in [1.82, 2.24) is 14.7 Å². The molecule has 2 heterocycles. The van der Waals surface area contributed by atoms with E-state index in [1.165, 1.54) is 40.7 Å². The Morgan fingerprint density at radius 2 is 1.88 bits per heavy atom. The number of phenolic OH excluding ortho intramolecular Hbond substituents is 1. The number of thioether (sulfide) groups is 1. The number of alkyl halides is 3. The fraction of sp³-hybridized carbons (Fsp3) is 0.179. The van der Waals surface area contributed by atoms with Crippen LogP contribution in [0.3, 0.4) is 0 Å². The number of fused-ring (bicyclic) bond motifs is 1. The summed E-state index contributed by atoms with van der Waals surface area (Å²) in [5, 5.41) is 25.4. The Balaban J connectivity index is 1.30. The lowest BCUT2D eigenvalue weighted by atomic mass is 10.1. The van der Waals surface area contributed by atoms with Crippen LogP contribution in [0.25, 0.3) is 17.0 Å². The van der Waals surface area contributed by atoms with Gasteiger partial charge in [-0.3, -0.25) is 9.48 Å². The van der Waals surface area contributed by atoms with Gasteiger partial charge in [-0.2, -0.15) is 23.3 Å². The minimum atomic E-state index is -4.55. The van der Waals surface area contributed by atoms with E-state index in [4.69, 9.17) is 11.6 Å². The summed E-state index contributed by atoms with van der Waals surface area (Å²) in [6, 6.07) is 15.2. The van der Waals surface area contributed by atoms with Gasteiger partial charge < -0.3 is 15.1 Å². The van der Waals surface area contributed by atoms with Gasteiger partial charge in [-0.25, -0.2) is 0 Å². The average molecular weight is 587 g/mol. The van der Waals surface area contributed by atoms with E-state index in [1.54, 1.807) is 54.6 Å². The van der Waals surface area contributed by atoms with Crippen molar-refractivity contribution < 1.29 is 28.2 Å². The number of halogens is 4. The van der Waals surface area contributed by atoms with Crippen LogP contribution in [0.4, 0.5) is 13.2 Å². The highest BCUT2D eigenvalue weighted by atomic mass is 35.5. The van der Waals surface area contributed by atoms with Crippen LogP contribution >= 0.6 is 23.4 Å². The standard InChI is InChI=1S/C28H22ClF3N4O3S/c1-35(15-24(38)17-4-7-21(37)8-5-17)27-34-26(39)25(40-27)11-16-2-9-23-19(10-16)13-33-36(23)14-18-3-6-20(29)12-22(18)28(30,31)32/h2-13,24,37-38H,14-15H2,1H3/b25-11-/t24-/m0/s1. The molecule has 1 aliphatic rings. The number of aromatic hydroxyl groups is 1. The summed E-state index contributed by atoms with van der Waals surface area (Å²) in [6.07, 6.45) is -2.15. The third-order valence-corrected chi connectivity index (χ3v) is 7.65. The molecule has 1 amide bonds. The molecule has 0 saturated heterocycles. The molecule has 12 heteroatoms. The Morgan fingerprint density at radius 1 is 1.12 bits per heavy atom. The maximum Gasteiger partial charge on any atom is 0.416 e. The second-order valence-electron chi connectivity index (χ2n) is 9.22. The van der Waals surface area contributed by atoms with Crippen molar-refractivity contribution in [2.75, 3.05) is 13.6 Å². The van der Waals surface area contributed by atoms with Crippen LogP contribution in [0.1, 0.15) is 28.4 Å². The summed E-state index contributed by atoms with van der Waals surface area (Å²) in [7, 11) is 1.72. The fourth-order valence-corrected chi connectivity index (χ4v) is 5.34. The Labute approximate surface area is 236 Å². The van der Waals surface area contributed by atoms with E-state index in [-0.39, 0.29) is 29.4 Å². The highest BCUT2D eigenvalue weighted by Crippen LogP contribution is 2.35. The van der Waals surface area contributed by atoms with Crippen LogP contribution in [-0.4, -0.2) is 49.6 Å². The molecule has 7 nitrogen and oxygen atoms in total. The largest absolute Gasteiger partial charge is 0.508 e. The molecule has 5 rings (SSSR count). The van der Waals surface area contributed by atoms with Gasteiger partial charge in [-0.05, 0) is 70.9 Å². The van der Waals surface area contributed by atoms with E-state index in [1.807, 2.05) is 0 Å². The van der Waals surface area contributed by atoms with Crippen molar-refractivity contribution in [3.8, 4) is 5.75 Å². The number of benzene rings is 3. The van der Waals surface area contributed by atoms with Gasteiger partial charge in [0.15, 0.2) is 5.17 Å². The minimum absolute atomic E-state index is 0.00487. The summed E-state index contributed by atoms with van der Waals surface area (Å²) in [5.41, 5.74) is 1.20. The second kappa shape index (κ2) is 11.0. The van der Waals surface area contributed by atoms with Crippen molar-refractivity contribution in [2.24, 2.45) is 4.99 Å². The number of aliphatic imine (C=N–C) groups is 1. The van der Waals surface area contributed by atoms with Crippen LogP contribution in [0.2, 0.25) is 5.02 Å². The number of carbonyl (C=O) groups is 1. The molecule has 3 aromatic carbocycles. The van der Waals surface area contributed by atoms with Crippen LogP contribution < -0.4 is 0 Å². The SMILES string of the molecule is CN(C[C@H](O)c1ccc(O)cc1)C1=NC(=O)/C(=C/c2ccc3c(cnn3Cc3ccc(Cl)cc3C(F)(F)F)c2)S1. The summed E-state index contributed by atoms with van der Waals surface area (Å²) < 4.78 is 42.0. The number of aromatic nitrogens is 2. The Bertz CT molecular complexity index is 1650. The molecular weight excluding hydrogens is 565 g/mol. The molecule has 0 bridgehead atoms. The number of likely N-dealkylation sites (N-methyl/N-ethyl adjacent to an activating group) is 1. The average Bonchev–Trinajstić information content (AvgIpc) is 3.47. The van der Waals surface area contributed by atoms with Gasteiger partial charge in [0.1, 0.15) is 5.75 Å². The molecule has 0 saturated carbocycles. The highest BCUT2D eigenvalue weighted by Gasteiger charge is 2.33. The number of phenols is 1. The quantitative estimate of drug-likeness (QED) is 0.265. The third-order valence-electron chi connectivity index (χ3n) is 6.32. The fourth-order valence-electron chi connectivity index (χ4n) is 4.29. The zero-order valence-corrected chi connectivity index (χ0v) is 22.5. The number of hydrogen-bond acceptors (Lipinski definition) is 6. The predicted octanol–water partition coefficient (Wildman–Crippen LogP) is 6.10. The first-order valence-corrected chi connectivity index (χ1v) is 13.2. The van der Waals surface area contributed by atoms with Crippen LogP contribution in [0, 0.1) is 0 Å². The molecule has 1 aliphatic heterocycles. The van der Waals surface area contributed by atoms with Crippen molar-refractivity contribution in [3.63, 3.8) is 0 Å². The third kappa shape index (κ3) is 6.01. The molecule has 1 atom stereocenters. The second-order valence-corrected chi connectivity index (χ2v) is 10.7. The number of amidine groups is 1. The number of carbonyl (C=O) groups excluding carboxylic acids is 1. The molecule has 4 aromatic rings. The van der Waals surface area contributed by atoms with Gasteiger partial charge in [-0.1, -0.05) is 35.9 Å². The Morgan fingerprint density at radius 3 is 2.60 bits per heavy atom. The lowest BCUT2D eigenvalue weighted by Gasteiger charge is -2.21. The maximum absolute atomic E-state index is 13.5. The molecule has 1 aromatic heterocycles. The van der Waals surface area contributed by atoms with E-state index >= 15 is 0 Å². The monoisotopic (exact) mass is 586 g/mol. The first-order valence-electron chi connectivity index (χ1n) is 12.0. The number of nitrogens with zero attached hydrogens (tertiary/aromatic N) is 4. The number of aliphatic hydroxyl groups excluding tert-OH is 1. The molecule has 40 heavy (non-hydrogen) atoms. The normalized spacial score (nSPS) is 15.6. The zero-order valence-electron chi connectivity index (χ0n) is 20.9. The molecule has 0 spiro atoms. The lowest BCUT2D eigenvalue weighted by molar-refractivity contribution is -0.138. The van der Waals surface area contributed by atoms with E-state index < -0.39 is 23.8 Å². The molecule has 2 N–H and O–H groups in total. The van der Waals surface area contributed by atoms with Crippen LogP contribution in [0.5, 0.6) is 5.75 Å². The van der Waals surface area contributed by atoms with E-state index in [0.29, 0.717) is 32.1 Å².